The molecule has 15 heteroatoms. The summed E-state index contributed by atoms with van der Waals surface area (Å²) >= 11 is 0. The maximum atomic E-state index is 13.5. The van der Waals surface area contributed by atoms with Crippen LogP contribution in [0.15, 0.2) is 114 Å². The second-order valence-corrected chi connectivity index (χ2v) is 21.1. The van der Waals surface area contributed by atoms with Gasteiger partial charge in [0.05, 0.1) is 33.6 Å². The molecule has 4 aromatic carbocycles. The molecule has 1 fully saturated rings. The maximum absolute atomic E-state index is 13.5. The van der Waals surface area contributed by atoms with E-state index in [1.54, 1.807) is 18.8 Å². The minimum Gasteiger partial charge on any atom is -0.497 e. The van der Waals surface area contributed by atoms with E-state index in [9.17, 15) is 19.1 Å². The first-order chi connectivity index (χ1) is 28.6. The Morgan fingerprint density at radius 1 is 0.900 bits per heavy atom. The first kappa shape index (κ1) is 42.4. The van der Waals surface area contributed by atoms with Gasteiger partial charge in [-0.25, -0.2) is 9.37 Å². The Bertz CT molecular complexity index is 2420. The summed E-state index contributed by atoms with van der Waals surface area (Å²) in [6.45, 7) is 10.4. The third-order valence-electron chi connectivity index (χ3n) is 11.4. The molecule has 0 aliphatic carbocycles. The quantitative estimate of drug-likeness (QED) is 0.0763. The molecule has 3 N–H and O–H groups in total. The van der Waals surface area contributed by atoms with Crippen molar-refractivity contribution in [3.05, 3.63) is 148 Å². The van der Waals surface area contributed by atoms with Gasteiger partial charge in [0.15, 0.2) is 25.7 Å². The molecule has 0 spiro atoms. The smallest absolute Gasteiger partial charge is 0.280 e. The number of imidazole rings is 1. The van der Waals surface area contributed by atoms with Crippen LogP contribution < -0.4 is 20.3 Å². The molecule has 6 aromatic rings. The molecular formula is C45H50FN5O8Si. The predicted octanol–water partition coefficient (Wildman–Crippen LogP) is 7.11. The monoisotopic (exact) mass is 835 g/mol. The number of methoxy groups -OCH3 is 2. The van der Waals surface area contributed by atoms with E-state index in [1.165, 1.54) is 30.6 Å². The van der Waals surface area contributed by atoms with E-state index in [-0.39, 0.29) is 35.2 Å². The number of amides is 1. The number of rotatable bonds is 14. The van der Waals surface area contributed by atoms with E-state index < -0.39 is 55.7 Å². The van der Waals surface area contributed by atoms with E-state index in [0.29, 0.717) is 17.1 Å². The lowest BCUT2D eigenvalue weighted by molar-refractivity contribution is -0.115. The molecule has 0 bridgehead atoms. The number of anilines is 1. The lowest BCUT2D eigenvalue weighted by Crippen LogP contribution is -2.49. The van der Waals surface area contributed by atoms with Gasteiger partial charge in [0.1, 0.15) is 41.2 Å². The van der Waals surface area contributed by atoms with E-state index in [1.807, 2.05) is 78.9 Å². The van der Waals surface area contributed by atoms with E-state index in [2.05, 4.69) is 54.1 Å². The fourth-order valence-corrected chi connectivity index (χ4v) is 8.43. The summed E-state index contributed by atoms with van der Waals surface area (Å²) in [5, 5.41) is 14.7. The predicted molar refractivity (Wildman–Crippen MR) is 227 cm³/mol. The van der Waals surface area contributed by atoms with E-state index in [0.717, 1.165) is 16.7 Å². The standard InChI is InChI=1S/C45H50FN5O8Si/c1-44(2,3)60(6,7)59-39-38(53)35(58-42(39)51-27-47-37-40(51)49-43(50-41(37)54)48-36(52)25-28-13-19-32(46)20-14-28)26-57-45(29-11-9-8-10-12-29,30-15-21-33(55-4)22-16-30)31-17-23-34(56-5)24-18-31/h8-24,27,35,38-39,42,53H,25-26H2,1-7H3,(H2,48,49,50,52,54)/t35-,38-,39-,42-/m1/s1. The summed E-state index contributed by atoms with van der Waals surface area (Å²) in [5.74, 6) is 0.337. The third-order valence-corrected chi connectivity index (χ3v) is 15.9. The van der Waals surface area contributed by atoms with E-state index in [4.69, 9.17) is 23.4 Å². The van der Waals surface area contributed by atoms with Gasteiger partial charge in [-0.2, -0.15) is 4.98 Å². The van der Waals surface area contributed by atoms with Gasteiger partial charge in [-0.3, -0.25) is 24.5 Å². The zero-order valence-electron chi connectivity index (χ0n) is 34.6. The Kier molecular flexibility index (Phi) is 12.1. The number of aliphatic hydroxyl groups excluding tert-OH is 1. The zero-order chi connectivity index (χ0) is 42.8. The molecule has 0 saturated carbocycles. The van der Waals surface area contributed by atoms with Gasteiger partial charge in [-0.05, 0) is 76.8 Å². The van der Waals surface area contributed by atoms with Crippen LogP contribution in [0.3, 0.4) is 0 Å². The number of aliphatic hydroxyl groups is 1. The largest absolute Gasteiger partial charge is 0.497 e. The lowest BCUT2D eigenvalue weighted by Gasteiger charge is -2.40. The maximum Gasteiger partial charge on any atom is 0.280 e. The van der Waals surface area contributed by atoms with Gasteiger partial charge in [0, 0.05) is 0 Å². The number of benzene rings is 4. The van der Waals surface area contributed by atoms with Crippen molar-refractivity contribution in [2.24, 2.45) is 0 Å². The molecule has 7 rings (SSSR count). The molecule has 314 valence electrons. The summed E-state index contributed by atoms with van der Waals surface area (Å²) < 4.78 is 46.9. The van der Waals surface area contributed by atoms with E-state index >= 15 is 0 Å². The number of aromatic nitrogens is 4. The van der Waals surface area contributed by atoms with Gasteiger partial charge in [-0.1, -0.05) is 87.5 Å². The second kappa shape index (κ2) is 17.1. The van der Waals surface area contributed by atoms with Crippen LogP contribution in [0.4, 0.5) is 10.3 Å². The molecule has 0 radical (unpaired) electrons. The molecule has 1 amide bonds. The average molecular weight is 836 g/mol. The number of hydrogen-bond donors (Lipinski definition) is 3. The van der Waals surface area contributed by atoms with Crippen molar-refractivity contribution in [1.29, 1.82) is 0 Å². The topological polar surface area (TPSA) is 159 Å². The van der Waals surface area contributed by atoms with Crippen molar-refractivity contribution in [3.63, 3.8) is 0 Å². The molecular weight excluding hydrogens is 786 g/mol. The highest BCUT2D eigenvalue weighted by Gasteiger charge is 2.52. The molecule has 1 aliphatic rings. The van der Waals surface area contributed by atoms with Crippen molar-refractivity contribution in [2.45, 2.75) is 75.5 Å². The SMILES string of the molecule is COc1ccc(C(OC[C@H]2O[C@@H](n3cnc4c(=O)[nH]c(NC(=O)Cc5ccc(F)cc5)nc43)[C@H](O[Si](C)(C)C(C)(C)C)[C@@H]2O)(c2ccccc2)c2ccc(OC)cc2)cc1. The summed E-state index contributed by atoms with van der Waals surface area (Å²) in [6, 6.07) is 30.6. The molecule has 1 saturated heterocycles. The van der Waals surface area contributed by atoms with Crippen LogP contribution >= 0.6 is 0 Å². The van der Waals surface area contributed by atoms with Crippen LogP contribution in [0.2, 0.25) is 18.1 Å². The summed E-state index contributed by atoms with van der Waals surface area (Å²) in [7, 11) is 0.630. The van der Waals surface area contributed by atoms with Gasteiger partial charge in [0.25, 0.3) is 5.56 Å². The number of nitrogens with one attached hydrogen (secondary N) is 2. The Morgan fingerprint density at radius 2 is 1.48 bits per heavy atom. The highest BCUT2D eigenvalue weighted by atomic mass is 28.4. The number of hydrogen-bond acceptors (Lipinski definition) is 10. The van der Waals surface area contributed by atoms with Crippen LogP contribution in [0.25, 0.3) is 11.2 Å². The molecule has 13 nitrogen and oxygen atoms in total. The number of carbonyl (C=O) groups excluding carboxylic acids is 1. The lowest BCUT2D eigenvalue weighted by atomic mass is 9.80. The van der Waals surface area contributed by atoms with Crippen molar-refractivity contribution < 1.29 is 37.7 Å². The van der Waals surface area contributed by atoms with Gasteiger partial charge >= 0.3 is 0 Å². The van der Waals surface area contributed by atoms with Crippen LogP contribution in [0, 0.1) is 5.82 Å². The fourth-order valence-electron chi connectivity index (χ4n) is 7.14. The van der Waals surface area contributed by atoms with Gasteiger partial charge < -0.3 is 28.5 Å². The normalized spacial score (nSPS) is 18.4. The van der Waals surface area contributed by atoms with Gasteiger partial charge in [0.2, 0.25) is 11.9 Å². The van der Waals surface area contributed by atoms with Crippen molar-refractivity contribution in [3.8, 4) is 11.5 Å². The number of ether oxygens (including phenoxy) is 4. The van der Waals surface area contributed by atoms with Crippen LogP contribution in [-0.4, -0.2) is 78.0 Å². The molecule has 4 atom stereocenters. The van der Waals surface area contributed by atoms with Crippen molar-refractivity contribution >= 4 is 31.3 Å². The van der Waals surface area contributed by atoms with Crippen LogP contribution in [0.5, 0.6) is 11.5 Å². The molecule has 1 aliphatic heterocycles. The summed E-state index contributed by atoms with van der Waals surface area (Å²) in [5.41, 5.74) is 1.32. The number of fused-ring (bicyclic) bond motifs is 1. The van der Waals surface area contributed by atoms with Crippen LogP contribution in [-0.2, 0) is 30.7 Å². The molecule has 3 heterocycles. The Labute approximate surface area is 348 Å². The Morgan fingerprint density at radius 3 is 2.05 bits per heavy atom. The zero-order valence-corrected chi connectivity index (χ0v) is 35.6. The number of aromatic amines is 1. The Balaban J connectivity index is 1.27. The number of H-pyrrole nitrogens is 1. The number of halogens is 1. The third kappa shape index (κ3) is 8.49. The molecule has 60 heavy (non-hydrogen) atoms. The van der Waals surface area contributed by atoms with Crippen molar-refractivity contribution in [1.82, 2.24) is 19.5 Å². The first-order valence-corrected chi connectivity index (χ1v) is 22.6. The Hall–Kier alpha value is -5.71. The fraction of sp³-hybridized carbons (Fsp3) is 0.333. The molecule has 2 aromatic heterocycles. The second-order valence-electron chi connectivity index (χ2n) is 16.3. The number of nitrogens with zero attached hydrogens (tertiary/aromatic N) is 3. The highest BCUT2D eigenvalue weighted by Crippen LogP contribution is 2.45. The minimum absolute atomic E-state index is 0.00231. The summed E-state index contributed by atoms with van der Waals surface area (Å²) in [6.07, 6.45) is -2.78. The minimum atomic E-state index is -2.59. The average Bonchev–Trinajstić information content (AvgIpc) is 3.79. The molecule has 0 unspecified atom stereocenters. The van der Waals surface area contributed by atoms with Crippen molar-refractivity contribution in [2.75, 3.05) is 26.1 Å². The van der Waals surface area contributed by atoms with Crippen LogP contribution in [0.1, 0.15) is 49.3 Å². The highest BCUT2D eigenvalue weighted by molar-refractivity contribution is 6.74. The summed E-state index contributed by atoms with van der Waals surface area (Å²) in [4.78, 5) is 37.9. The van der Waals surface area contributed by atoms with Gasteiger partial charge in [-0.15, -0.1) is 0 Å². The number of carbonyl (C=O) groups is 1. The first-order valence-electron chi connectivity index (χ1n) is 19.6.